The van der Waals surface area contributed by atoms with E-state index in [-0.39, 0.29) is 12.6 Å². The lowest BCUT2D eigenvalue weighted by atomic mass is 10.1. The van der Waals surface area contributed by atoms with Crippen LogP contribution in [-0.2, 0) is 13.0 Å². The van der Waals surface area contributed by atoms with Crippen molar-refractivity contribution < 1.29 is 9.52 Å². The summed E-state index contributed by atoms with van der Waals surface area (Å²) >= 11 is 5.14. The van der Waals surface area contributed by atoms with Gasteiger partial charge >= 0.3 is 0 Å². The Kier molecular flexibility index (Phi) is 3.75. The molecule has 0 fully saturated rings. The van der Waals surface area contributed by atoms with Gasteiger partial charge in [0.25, 0.3) is 0 Å². The van der Waals surface area contributed by atoms with Crippen molar-refractivity contribution in [3.63, 3.8) is 0 Å². The van der Waals surface area contributed by atoms with Gasteiger partial charge in [0, 0.05) is 12.5 Å². The van der Waals surface area contributed by atoms with E-state index in [2.05, 4.69) is 10.2 Å². The molecule has 2 N–H and O–H groups in total. The van der Waals surface area contributed by atoms with Gasteiger partial charge in [0.2, 0.25) is 0 Å². The smallest absolute Gasteiger partial charge is 0.195 e. The zero-order chi connectivity index (χ0) is 12.3. The third kappa shape index (κ3) is 2.65. The highest BCUT2D eigenvalue weighted by Gasteiger charge is 2.12. The molecule has 0 aliphatic rings. The molecule has 2 rings (SSSR count). The standard InChI is InChI=1S/C11H15N3O2S/c1-8(4-5-9-3-2-6-16-9)14-10(7-15)12-13-11(14)17/h2-3,6,8,15H,4-5,7H2,1H3,(H,13,17). The van der Waals surface area contributed by atoms with E-state index < -0.39 is 0 Å². The van der Waals surface area contributed by atoms with Gasteiger partial charge in [-0.2, -0.15) is 5.10 Å². The molecule has 2 heterocycles. The summed E-state index contributed by atoms with van der Waals surface area (Å²) in [5.74, 6) is 1.53. The van der Waals surface area contributed by atoms with E-state index in [1.54, 1.807) is 6.26 Å². The molecule has 0 saturated carbocycles. The molecule has 0 spiro atoms. The van der Waals surface area contributed by atoms with Crippen molar-refractivity contribution >= 4 is 12.2 Å². The van der Waals surface area contributed by atoms with E-state index in [1.165, 1.54) is 0 Å². The summed E-state index contributed by atoms with van der Waals surface area (Å²) < 4.78 is 7.67. The monoisotopic (exact) mass is 253 g/mol. The molecule has 0 aliphatic carbocycles. The van der Waals surface area contributed by atoms with Crippen LogP contribution in [-0.4, -0.2) is 19.9 Å². The Balaban J connectivity index is 2.06. The summed E-state index contributed by atoms with van der Waals surface area (Å²) in [5, 5.41) is 15.8. The topological polar surface area (TPSA) is 67.0 Å². The number of hydrogen-bond acceptors (Lipinski definition) is 4. The summed E-state index contributed by atoms with van der Waals surface area (Å²) in [6, 6.07) is 4.00. The number of aromatic nitrogens is 3. The SMILES string of the molecule is CC(CCc1ccco1)n1c(CO)n[nH]c1=S. The Morgan fingerprint density at radius 1 is 1.65 bits per heavy atom. The summed E-state index contributed by atoms with van der Waals surface area (Å²) in [5.41, 5.74) is 0. The number of rotatable bonds is 5. The molecular weight excluding hydrogens is 238 g/mol. The lowest BCUT2D eigenvalue weighted by Crippen LogP contribution is -2.10. The number of aryl methyl sites for hydroxylation is 1. The van der Waals surface area contributed by atoms with E-state index in [4.69, 9.17) is 21.7 Å². The lowest BCUT2D eigenvalue weighted by Gasteiger charge is -2.13. The fourth-order valence-corrected chi connectivity index (χ4v) is 2.17. The average Bonchev–Trinajstić information content (AvgIpc) is 2.94. The van der Waals surface area contributed by atoms with Crippen molar-refractivity contribution in [2.24, 2.45) is 0 Å². The fraction of sp³-hybridized carbons (Fsp3) is 0.455. The Morgan fingerprint density at radius 3 is 3.12 bits per heavy atom. The molecular formula is C11H15N3O2S. The Labute approximate surface area is 104 Å². The van der Waals surface area contributed by atoms with Crippen LogP contribution >= 0.6 is 12.2 Å². The van der Waals surface area contributed by atoms with Gasteiger partial charge in [0.15, 0.2) is 10.6 Å². The number of nitrogens with one attached hydrogen (secondary N) is 1. The molecule has 92 valence electrons. The third-order valence-electron chi connectivity index (χ3n) is 2.75. The van der Waals surface area contributed by atoms with E-state index >= 15 is 0 Å². The molecule has 5 nitrogen and oxygen atoms in total. The molecule has 2 aromatic rings. The van der Waals surface area contributed by atoms with Gasteiger partial charge in [-0.15, -0.1) is 0 Å². The van der Waals surface area contributed by atoms with Crippen LogP contribution in [0.2, 0.25) is 0 Å². The quantitative estimate of drug-likeness (QED) is 0.802. The highest BCUT2D eigenvalue weighted by Crippen LogP contribution is 2.17. The molecule has 6 heteroatoms. The van der Waals surface area contributed by atoms with Crippen LogP contribution in [0, 0.1) is 4.77 Å². The van der Waals surface area contributed by atoms with E-state index in [0.717, 1.165) is 18.6 Å². The Bertz CT molecular complexity index is 515. The maximum Gasteiger partial charge on any atom is 0.195 e. The van der Waals surface area contributed by atoms with Crippen molar-refractivity contribution in [3.05, 3.63) is 34.8 Å². The van der Waals surface area contributed by atoms with E-state index in [9.17, 15) is 0 Å². The molecule has 0 saturated heterocycles. The molecule has 0 amide bonds. The Morgan fingerprint density at radius 2 is 2.47 bits per heavy atom. The number of aliphatic hydroxyl groups is 1. The number of aliphatic hydroxyl groups excluding tert-OH is 1. The van der Waals surface area contributed by atoms with Crippen LogP contribution in [0.3, 0.4) is 0 Å². The predicted octanol–water partition coefficient (Wildman–Crippen LogP) is 2.22. The summed E-state index contributed by atoms with van der Waals surface area (Å²) in [4.78, 5) is 0. The van der Waals surface area contributed by atoms with Gasteiger partial charge in [0.1, 0.15) is 12.4 Å². The second kappa shape index (κ2) is 5.29. The number of hydrogen-bond donors (Lipinski definition) is 2. The van der Waals surface area contributed by atoms with Gasteiger partial charge in [-0.05, 0) is 37.7 Å². The zero-order valence-corrected chi connectivity index (χ0v) is 10.4. The van der Waals surface area contributed by atoms with Gasteiger partial charge in [-0.25, -0.2) is 0 Å². The van der Waals surface area contributed by atoms with E-state index in [0.29, 0.717) is 10.6 Å². The number of H-pyrrole nitrogens is 1. The van der Waals surface area contributed by atoms with Crippen molar-refractivity contribution in [1.82, 2.24) is 14.8 Å². The highest BCUT2D eigenvalue weighted by atomic mass is 32.1. The summed E-state index contributed by atoms with van der Waals surface area (Å²) in [7, 11) is 0. The molecule has 1 atom stereocenters. The maximum absolute atomic E-state index is 9.16. The van der Waals surface area contributed by atoms with Crippen molar-refractivity contribution in [1.29, 1.82) is 0 Å². The number of furan rings is 1. The van der Waals surface area contributed by atoms with Gasteiger partial charge in [-0.3, -0.25) is 9.67 Å². The molecule has 2 aromatic heterocycles. The van der Waals surface area contributed by atoms with Gasteiger partial charge < -0.3 is 9.52 Å². The maximum atomic E-state index is 9.16. The number of aromatic amines is 1. The van der Waals surface area contributed by atoms with E-state index in [1.807, 2.05) is 23.6 Å². The van der Waals surface area contributed by atoms with Crippen LogP contribution < -0.4 is 0 Å². The van der Waals surface area contributed by atoms with Gasteiger partial charge in [0.05, 0.1) is 6.26 Å². The van der Waals surface area contributed by atoms with Crippen LogP contribution in [0.4, 0.5) is 0 Å². The van der Waals surface area contributed by atoms with Crippen molar-refractivity contribution in [3.8, 4) is 0 Å². The average molecular weight is 253 g/mol. The predicted molar refractivity (Wildman–Crippen MR) is 65.1 cm³/mol. The van der Waals surface area contributed by atoms with Crippen molar-refractivity contribution in [2.75, 3.05) is 0 Å². The fourth-order valence-electron chi connectivity index (χ4n) is 1.84. The normalized spacial score (nSPS) is 12.8. The van der Waals surface area contributed by atoms with Crippen molar-refractivity contribution in [2.45, 2.75) is 32.4 Å². The third-order valence-corrected chi connectivity index (χ3v) is 3.04. The first-order chi connectivity index (χ1) is 8.22. The minimum Gasteiger partial charge on any atom is -0.469 e. The molecule has 0 radical (unpaired) electrons. The van der Waals surface area contributed by atoms with Gasteiger partial charge in [-0.1, -0.05) is 0 Å². The van der Waals surface area contributed by atoms with Crippen LogP contribution in [0.15, 0.2) is 22.8 Å². The molecule has 0 aromatic carbocycles. The molecule has 0 aliphatic heterocycles. The molecule has 1 unspecified atom stereocenters. The second-order valence-electron chi connectivity index (χ2n) is 3.94. The summed E-state index contributed by atoms with van der Waals surface area (Å²) in [6.45, 7) is 1.94. The first kappa shape index (κ1) is 12.1. The lowest BCUT2D eigenvalue weighted by molar-refractivity contribution is 0.259. The first-order valence-corrected chi connectivity index (χ1v) is 5.92. The number of nitrogens with zero attached hydrogens (tertiary/aromatic N) is 2. The second-order valence-corrected chi connectivity index (χ2v) is 4.33. The highest BCUT2D eigenvalue weighted by molar-refractivity contribution is 7.71. The van der Waals surface area contributed by atoms with Crippen LogP contribution in [0.5, 0.6) is 0 Å². The minimum atomic E-state index is -0.113. The Hall–Kier alpha value is -1.40. The zero-order valence-electron chi connectivity index (χ0n) is 9.59. The summed E-state index contributed by atoms with van der Waals surface area (Å²) in [6.07, 6.45) is 3.39. The van der Waals surface area contributed by atoms with Crippen LogP contribution in [0.25, 0.3) is 0 Å². The molecule has 17 heavy (non-hydrogen) atoms. The van der Waals surface area contributed by atoms with Crippen LogP contribution in [0.1, 0.15) is 31.0 Å². The largest absolute Gasteiger partial charge is 0.469 e. The first-order valence-electron chi connectivity index (χ1n) is 5.51. The molecule has 0 bridgehead atoms. The minimum absolute atomic E-state index is 0.113.